The molecule has 0 aliphatic carbocycles. The summed E-state index contributed by atoms with van der Waals surface area (Å²) in [4.78, 5) is 0. The Balaban J connectivity index is 2.07. The molecule has 0 aliphatic heterocycles. The van der Waals surface area contributed by atoms with E-state index in [1.54, 1.807) is 24.4 Å². The maximum absolute atomic E-state index is 11.8. The number of halogens is 1. The van der Waals surface area contributed by atoms with Crippen molar-refractivity contribution in [1.82, 2.24) is 10.2 Å². The predicted molar refractivity (Wildman–Crippen MR) is 73.5 cm³/mol. The van der Waals surface area contributed by atoms with E-state index in [2.05, 4.69) is 14.9 Å². The highest BCUT2D eigenvalue weighted by molar-refractivity contribution is 7.92. The fourth-order valence-electron chi connectivity index (χ4n) is 1.62. The van der Waals surface area contributed by atoms with Crippen LogP contribution in [0.3, 0.4) is 0 Å². The van der Waals surface area contributed by atoms with E-state index in [0.29, 0.717) is 24.4 Å². The molecule has 0 fully saturated rings. The van der Waals surface area contributed by atoms with E-state index >= 15 is 0 Å². The number of fused-ring (bicyclic) bond motifs is 1. The molecule has 0 bridgehead atoms. The van der Waals surface area contributed by atoms with Gasteiger partial charge in [-0.25, -0.2) is 8.42 Å². The molecule has 2 aromatic rings. The Kier molecular flexibility index (Phi) is 4.08. The lowest BCUT2D eigenvalue weighted by molar-refractivity contribution is 0.598. The summed E-state index contributed by atoms with van der Waals surface area (Å²) in [5, 5.41) is 7.56. The molecule has 98 valence electrons. The van der Waals surface area contributed by atoms with Crippen LogP contribution in [0.1, 0.15) is 12.8 Å². The van der Waals surface area contributed by atoms with Crippen LogP contribution in [0, 0.1) is 0 Å². The van der Waals surface area contributed by atoms with Crippen LogP contribution in [0.2, 0.25) is 0 Å². The molecular formula is C11H14ClN3O2S. The average Bonchev–Trinajstić information content (AvgIpc) is 2.75. The summed E-state index contributed by atoms with van der Waals surface area (Å²) in [6, 6.07) is 5.25. The fourth-order valence-corrected chi connectivity index (χ4v) is 2.98. The predicted octanol–water partition coefficient (Wildman–Crippen LogP) is 2.32. The van der Waals surface area contributed by atoms with E-state index in [0.717, 1.165) is 10.9 Å². The molecule has 2 rings (SSSR count). The number of sulfonamides is 1. The molecule has 0 amide bonds. The lowest BCUT2D eigenvalue weighted by atomic mass is 10.2. The summed E-state index contributed by atoms with van der Waals surface area (Å²) < 4.78 is 26.1. The number of aromatic nitrogens is 2. The van der Waals surface area contributed by atoms with Gasteiger partial charge in [0, 0.05) is 17.0 Å². The van der Waals surface area contributed by atoms with Crippen LogP contribution in [-0.4, -0.2) is 30.2 Å². The van der Waals surface area contributed by atoms with Gasteiger partial charge in [-0.2, -0.15) is 5.10 Å². The third-order valence-electron chi connectivity index (χ3n) is 2.51. The number of rotatable bonds is 6. The SMILES string of the molecule is O=S(=O)(CCCCCl)Nc1ccc2[nH]ncc2c1. The van der Waals surface area contributed by atoms with E-state index < -0.39 is 10.0 Å². The van der Waals surface area contributed by atoms with Crippen LogP contribution in [0.5, 0.6) is 0 Å². The van der Waals surface area contributed by atoms with Gasteiger partial charge in [0.2, 0.25) is 10.0 Å². The molecule has 1 aromatic heterocycles. The first kappa shape index (κ1) is 13.2. The fraction of sp³-hybridized carbons (Fsp3) is 0.364. The van der Waals surface area contributed by atoms with Gasteiger partial charge in [-0.05, 0) is 31.0 Å². The van der Waals surface area contributed by atoms with E-state index in [-0.39, 0.29) is 5.75 Å². The van der Waals surface area contributed by atoms with Crippen LogP contribution in [0.15, 0.2) is 24.4 Å². The van der Waals surface area contributed by atoms with Crippen molar-refractivity contribution in [1.29, 1.82) is 0 Å². The number of hydrogen-bond acceptors (Lipinski definition) is 3. The second kappa shape index (κ2) is 5.58. The maximum atomic E-state index is 11.8. The molecular weight excluding hydrogens is 274 g/mol. The topological polar surface area (TPSA) is 74.8 Å². The van der Waals surface area contributed by atoms with Gasteiger partial charge < -0.3 is 0 Å². The first-order chi connectivity index (χ1) is 8.61. The van der Waals surface area contributed by atoms with Gasteiger partial charge in [-0.3, -0.25) is 9.82 Å². The zero-order valence-corrected chi connectivity index (χ0v) is 11.3. The number of unbranched alkanes of at least 4 members (excludes halogenated alkanes) is 1. The van der Waals surface area contributed by atoms with Crippen LogP contribution in [0.25, 0.3) is 10.9 Å². The van der Waals surface area contributed by atoms with Gasteiger partial charge in [0.15, 0.2) is 0 Å². The highest BCUT2D eigenvalue weighted by atomic mass is 35.5. The zero-order chi connectivity index (χ0) is 13.0. The van der Waals surface area contributed by atoms with Gasteiger partial charge in [0.1, 0.15) is 0 Å². The normalized spacial score (nSPS) is 11.8. The Morgan fingerprint density at radius 3 is 2.94 bits per heavy atom. The summed E-state index contributed by atoms with van der Waals surface area (Å²) in [6.07, 6.45) is 2.91. The Hall–Kier alpha value is -1.27. The smallest absolute Gasteiger partial charge is 0.232 e. The molecule has 0 radical (unpaired) electrons. The summed E-state index contributed by atoms with van der Waals surface area (Å²) >= 11 is 5.52. The molecule has 5 nitrogen and oxygen atoms in total. The van der Waals surface area contributed by atoms with Gasteiger partial charge in [-0.15, -0.1) is 11.6 Å². The Morgan fingerprint density at radius 2 is 2.17 bits per heavy atom. The first-order valence-corrected chi connectivity index (χ1v) is 7.79. The Bertz CT molecular complexity index is 624. The molecule has 2 N–H and O–H groups in total. The monoisotopic (exact) mass is 287 g/mol. The minimum absolute atomic E-state index is 0.0865. The van der Waals surface area contributed by atoms with Crippen LogP contribution in [-0.2, 0) is 10.0 Å². The molecule has 0 aliphatic rings. The van der Waals surface area contributed by atoms with E-state index in [1.165, 1.54) is 0 Å². The number of hydrogen-bond donors (Lipinski definition) is 2. The van der Waals surface area contributed by atoms with Crippen molar-refractivity contribution in [3.05, 3.63) is 24.4 Å². The Labute approximate surface area is 111 Å². The van der Waals surface area contributed by atoms with Crippen LogP contribution < -0.4 is 4.72 Å². The number of nitrogens with zero attached hydrogens (tertiary/aromatic N) is 1. The third kappa shape index (κ3) is 3.36. The number of alkyl halides is 1. The summed E-state index contributed by atoms with van der Waals surface area (Å²) in [6.45, 7) is 0. The summed E-state index contributed by atoms with van der Waals surface area (Å²) in [5.74, 6) is 0.569. The molecule has 18 heavy (non-hydrogen) atoms. The van der Waals surface area contributed by atoms with Crippen molar-refractivity contribution in [3.8, 4) is 0 Å². The second-order valence-corrected chi connectivity index (χ2v) is 6.21. The second-order valence-electron chi connectivity index (χ2n) is 3.99. The summed E-state index contributed by atoms with van der Waals surface area (Å²) in [7, 11) is -3.30. The molecule has 0 unspecified atom stereocenters. The van der Waals surface area contributed by atoms with E-state index in [4.69, 9.17) is 11.6 Å². The van der Waals surface area contributed by atoms with Crippen molar-refractivity contribution in [2.45, 2.75) is 12.8 Å². The largest absolute Gasteiger partial charge is 0.284 e. The van der Waals surface area contributed by atoms with Gasteiger partial charge in [0.25, 0.3) is 0 Å². The van der Waals surface area contributed by atoms with Crippen molar-refractivity contribution >= 4 is 38.2 Å². The van der Waals surface area contributed by atoms with Crippen molar-refractivity contribution in [2.75, 3.05) is 16.4 Å². The van der Waals surface area contributed by atoms with Gasteiger partial charge >= 0.3 is 0 Å². The van der Waals surface area contributed by atoms with Gasteiger partial charge in [0.05, 0.1) is 17.5 Å². The average molecular weight is 288 g/mol. The number of nitrogens with one attached hydrogen (secondary N) is 2. The molecule has 0 saturated heterocycles. The minimum Gasteiger partial charge on any atom is -0.284 e. The van der Waals surface area contributed by atoms with Crippen LogP contribution >= 0.6 is 11.6 Å². The van der Waals surface area contributed by atoms with Crippen molar-refractivity contribution in [3.63, 3.8) is 0 Å². The lowest BCUT2D eigenvalue weighted by Gasteiger charge is -2.07. The van der Waals surface area contributed by atoms with Crippen molar-refractivity contribution < 1.29 is 8.42 Å². The van der Waals surface area contributed by atoms with Crippen LogP contribution in [0.4, 0.5) is 5.69 Å². The molecule has 1 heterocycles. The molecule has 7 heteroatoms. The number of H-pyrrole nitrogens is 1. The lowest BCUT2D eigenvalue weighted by Crippen LogP contribution is -2.16. The molecule has 1 aromatic carbocycles. The Morgan fingerprint density at radius 1 is 1.33 bits per heavy atom. The van der Waals surface area contributed by atoms with E-state index in [1.807, 2.05) is 0 Å². The summed E-state index contributed by atoms with van der Waals surface area (Å²) in [5.41, 5.74) is 1.43. The molecule has 0 saturated carbocycles. The standard InChI is InChI=1S/C11H14ClN3O2S/c12-5-1-2-6-18(16,17)15-10-3-4-11-9(7-10)8-13-14-11/h3-4,7-8,15H,1-2,5-6H2,(H,13,14). The highest BCUT2D eigenvalue weighted by Crippen LogP contribution is 2.18. The van der Waals surface area contributed by atoms with Gasteiger partial charge in [-0.1, -0.05) is 0 Å². The molecule has 0 atom stereocenters. The first-order valence-electron chi connectivity index (χ1n) is 5.60. The number of aromatic amines is 1. The third-order valence-corrected chi connectivity index (χ3v) is 4.15. The van der Waals surface area contributed by atoms with Crippen molar-refractivity contribution in [2.24, 2.45) is 0 Å². The molecule has 0 spiro atoms. The quantitative estimate of drug-likeness (QED) is 0.632. The highest BCUT2D eigenvalue weighted by Gasteiger charge is 2.10. The zero-order valence-electron chi connectivity index (χ0n) is 9.69. The minimum atomic E-state index is -3.30. The maximum Gasteiger partial charge on any atom is 0.232 e. The van der Waals surface area contributed by atoms with E-state index in [9.17, 15) is 8.42 Å². The number of anilines is 1. The number of benzene rings is 1.